The van der Waals surface area contributed by atoms with E-state index in [1.807, 2.05) is 0 Å². The van der Waals surface area contributed by atoms with Crippen molar-refractivity contribution in [1.82, 2.24) is 9.47 Å². The van der Waals surface area contributed by atoms with Gasteiger partial charge in [-0.15, -0.1) is 0 Å². The van der Waals surface area contributed by atoms with Gasteiger partial charge in [-0.3, -0.25) is 4.79 Å². The third-order valence-electron chi connectivity index (χ3n) is 3.35. The lowest BCUT2D eigenvalue weighted by molar-refractivity contribution is 0.0779. The highest BCUT2D eigenvalue weighted by Crippen LogP contribution is 2.18. The second kappa shape index (κ2) is 5.94. The highest BCUT2D eigenvalue weighted by Gasteiger charge is 2.24. The number of hydrogen-bond acceptors (Lipinski definition) is 4. The van der Waals surface area contributed by atoms with Crippen molar-refractivity contribution in [3.8, 4) is 0 Å². The average molecular weight is 301 g/mol. The summed E-state index contributed by atoms with van der Waals surface area (Å²) in [4.78, 5) is 14.1. The van der Waals surface area contributed by atoms with Crippen LogP contribution in [0.1, 0.15) is 23.3 Å². The zero-order valence-electron chi connectivity index (χ0n) is 11.4. The summed E-state index contributed by atoms with van der Waals surface area (Å²) in [7, 11) is -2.27. The molecule has 0 bridgehead atoms. The van der Waals surface area contributed by atoms with E-state index in [2.05, 4.69) is 0 Å². The molecular formula is C12H19N3O4S. The van der Waals surface area contributed by atoms with Crippen molar-refractivity contribution in [2.75, 3.05) is 26.8 Å². The first-order valence-corrected chi connectivity index (χ1v) is 7.99. The number of methoxy groups -OCH3 is 1. The van der Waals surface area contributed by atoms with Crippen LogP contribution in [-0.4, -0.2) is 50.6 Å². The Morgan fingerprint density at radius 1 is 1.40 bits per heavy atom. The van der Waals surface area contributed by atoms with Gasteiger partial charge in [0.2, 0.25) is 10.0 Å². The fourth-order valence-corrected chi connectivity index (χ4v) is 2.83. The third kappa shape index (κ3) is 3.20. The standard InChI is InChI=1S/C12H19N3O4S/c1-19-7-6-15-9-10(20(13,17)18)8-11(15)12(16)14-4-2-3-5-14/h8-9H,2-7H2,1H3,(H2,13,17,18). The van der Waals surface area contributed by atoms with Crippen molar-refractivity contribution in [1.29, 1.82) is 0 Å². The number of ether oxygens (including phenoxy) is 1. The molecule has 2 N–H and O–H groups in total. The minimum Gasteiger partial charge on any atom is -0.383 e. The summed E-state index contributed by atoms with van der Waals surface area (Å²) in [5.74, 6) is -0.159. The molecule has 8 heteroatoms. The molecule has 1 fully saturated rings. The molecule has 7 nitrogen and oxygen atoms in total. The monoisotopic (exact) mass is 301 g/mol. The van der Waals surface area contributed by atoms with Gasteiger partial charge >= 0.3 is 0 Å². The zero-order valence-corrected chi connectivity index (χ0v) is 12.2. The maximum Gasteiger partial charge on any atom is 0.270 e. The van der Waals surface area contributed by atoms with Gasteiger partial charge in [-0.05, 0) is 18.9 Å². The van der Waals surface area contributed by atoms with Crippen molar-refractivity contribution < 1.29 is 17.9 Å². The Labute approximate surface area is 118 Å². The van der Waals surface area contributed by atoms with E-state index < -0.39 is 10.0 Å². The number of likely N-dealkylation sites (tertiary alicyclic amines) is 1. The van der Waals surface area contributed by atoms with E-state index in [0.29, 0.717) is 31.9 Å². The van der Waals surface area contributed by atoms with Crippen LogP contribution in [0.25, 0.3) is 0 Å². The molecule has 0 aliphatic carbocycles. The number of carbonyl (C=O) groups is 1. The van der Waals surface area contributed by atoms with Gasteiger partial charge in [0.15, 0.2) is 0 Å². The lowest BCUT2D eigenvalue weighted by Gasteiger charge is -2.16. The highest BCUT2D eigenvalue weighted by molar-refractivity contribution is 7.89. The summed E-state index contributed by atoms with van der Waals surface area (Å²) < 4.78 is 29.4. The summed E-state index contributed by atoms with van der Waals surface area (Å²) >= 11 is 0. The molecule has 0 aromatic carbocycles. The van der Waals surface area contributed by atoms with Crippen LogP contribution < -0.4 is 5.14 Å². The van der Waals surface area contributed by atoms with Crippen LogP contribution in [0, 0.1) is 0 Å². The number of primary sulfonamides is 1. The maximum atomic E-state index is 12.4. The minimum atomic E-state index is -3.82. The molecule has 0 unspecified atom stereocenters. The molecular weight excluding hydrogens is 282 g/mol. The van der Waals surface area contributed by atoms with Crippen molar-refractivity contribution >= 4 is 15.9 Å². The summed E-state index contributed by atoms with van der Waals surface area (Å²) in [6.07, 6.45) is 3.34. The quantitative estimate of drug-likeness (QED) is 0.829. The van der Waals surface area contributed by atoms with E-state index in [9.17, 15) is 13.2 Å². The number of sulfonamides is 1. The minimum absolute atomic E-state index is 0.0452. The summed E-state index contributed by atoms with van der Waals surface area (Å²) in [5, 5.41) is 5.12. The van der Waals surface area contributed by atoms with Gasteiger partial charge in [-0.2, -0.15) is 0 Å². The van der Waals surface area contributed by atoms with Gasteiger partial charge in [0.05, 0.1) is 6.61 Å². The average Bonchev–Trinajstić information content (AvgIpc) is 3.03. The fourth-order valence-electron chi connectivity index (χ4n) is 2.28. The van der Waals surface area contributed by atoms with Crippen LogP contribution in [0.4, 0.5) is 0 Å². The molecule has 20 heavy (non-hydrogen) atoms. The van der Waals surface area contributed by atoms with Crippen LogP contribution in [0.5, 0.6) is 0 Å². The maximum absolute atomic E-state index is 12.4. The Bertz CT molecular complexity index is 588. The second-order valence-corrected chi connectivity index (χ2v) is 6.35. The SMILES string of the molecule is COCCn1cc(S(N)(=O)=O)cc1C(=O)N1CCCC1. The smallest absolute Gasteiger partial charge is 0.270 e. The van der Waals surface area contributed by atoms with Crippen LogP contribution in [0.15, 0.2) is 17.2 Å². The summed E-state index contributed by atoms with van der Waals surface area (Å²) in [6.45, 7) is 2.21. The molecule has 0 atom stereocenters. The van der Waals surface area contributed by atoms with Crippen molar-refractivity contribution in [3.63, 3.8) is 0 Å². The number of nitrogens with two attached hydrogens (primary N) is 1. The molecule has 1 aromatic rings. The van der Waals surface area contributed by atoms with Crippen molar-refractivity contribution in [2.45, 2.75) is 24.3 Å². The molecule has 1 aromatic heterocycles. The number of aromatic nitrogens is 1. The van der Waals surface area contributed by atoms with Gasteiger partial charge in [0.1, 0.15) is 10.6 Å². The van der Waals surface area contributed by atoms with E-state index in [1.54, 1.807) is 16.6 Å². The molecule has 1 aliphatic rings. The Morgan fingerprint density at radius 2 is 2.05 bits per heavy atom. The summed E-state index contributed by atoms with van der Waals surface area (Å²) in [6, 6.07) is 1.34. The van der Waals surface area contributed by atoms with Crippen molar-refractivity contribution in [3.05, 3.63) is 18.0 Å². The first-order chi connectivity index (χ1) is 9.43. The van der Waals surface area contributed by atoms with E-state index in [4.69, 9.17) is 9.88 Å². The van der Waals surface area contributed by atoms with E-state index in [1.165, 1.54) is 12.3 Å². The fraction of sp³-hybridized carbons (Fsp3) is 0.583. The van der Waals surface area contributed by atoms with Crippen LogP contribution in [-0.2, 0) is 21.3 Å². The molecule has 2 heterocycles. The lowest BCUT2D eigenvalue weighted by Crippen LogP contribution is -2.29. The van der Waals surface area contributed by atoms with E-state index in [0.717, 1.165) is 12.8 Å². The first kappa shape index (κ1) is 15.0. The predicted molar refractivity (Wildman–Crippen MR) is 72.8 cm³/mol. The van der Waals surface area contributed by atoms with Gasteiger partial charge in [-0.1, -0.05) is 0 Å². The largest absolute Gasteiger partial charge is 0.383 e. The van der Waals surface area contributed by atoms with Crippen molar-refractivity contribution in [2.24, 2.45) is 5.14 Å². The van der Waals surface area contributed by atoms with Gasteiger partial charge < -0.3 is 14.2 Å². The molecule has 0 saturated carbocycles. The first-order valence-electron chi connectivity index (χ1n) is 6.44. The molecule has 1 aliphatic heterocycles. The molecule has 0 spiro atoms. The molecule has 2 rings (SSSR count). The number of rotatable bonds is 5. The van der Waals surface area contributed by atoms with Crippen LogP contribution >= 0.6 is 0 Å². The molecule has 0 radical (unpaired) electrons. The number of hydrogen-bond donors (Lipinski definition) is 1. The van der Waals surface area contributed by atoms with E-state index >= 15 is 0 Å². The molecule has 1 amide bonds. The van der Waals surface area contributed by atoms with Crippen LogP contribution in [0.3, 0.4) is 0 Å². The number of amides is 1. The van der Waals surface area contributed by atoms with Gasteiger partial charge in [0.25, 0.3) is 5.91 Å². The van der Waals surface area contributed by atoms with Crippen LogP contribution in [0.2, 0.25) is 0 Å². The van der Waals surface area contributed by atoms with E-state index in [-0.39, 0.29) is 10.8 Å². The Hall–Kier alpha value is -1.38. The second-order valence-electron chi connectivity index (χ2n) is 4.79. The Balaban J connectivity index is 2.33. The van der Waals surface area contributed by atoms with Gasteiger partial charge in [-0.25, -0.2) is 13.6 Å². The zero-order chi connectivity index (χ0) is 14.8. The predicted octanol–water partition coefficient (Wildman–Crippen LogP) is 0.0179. The Kier molecular flexibility index (Phi) is 4.46. The normalized spacial score (nSPS) is 15.8. The molecule has 1 saturated heterocycles. The van der Waals surface area contributed by atoms with Gasteiger partial charge in [0, 0.05) is 32.9 Å². The Morgan fingerprint density at radius 3 is 2.60 bits per heavy atom. The summed E-state index contributed by atoms with van der Waals surface area (Å²) in [5.41, 5.74) is 0.341. The lowest BCUT2D eigenvalue weighted by atomic mass is 10.3. The molecule has 112 valence electrons. The topological polar surface area (TPSA) is 94.6 Å². The highest BCUT2D eigenvalue weighted by atomic mass is 32.2. The number of nitrogens with zero attached hydrogens (tertiary/aromatic N) is 2. The number of carbonyl (C=O) groups excluding carboxylic acids is 1. The third-order valence-corrected chi connectivity index (χ3v) is 4.23.